The minimum Gasteiger partial charge on any atom is -0.325 e. The van der Waals surface area contributed by atoms with Gasteiger partial charge in [0.15, 0.2) is 0 Å². The van der Waals surface area contributed by atoms with E-state index in [1.165, 1.54) is 17.3 Å². The molecule has 48 heavy (non-hydrogen) atoms. The number of halogens is 1. The maximum atomic E-state index is 13.6. The fraction of sp³-hybridized carbons (Fsp3) is 0.125. The van der Waals surface area contributed by atoms with E-state index in [2.05, 4.69) is 29.8 Å². The van der Waals surface area contributed by atoms with E-state index in [9.17, 15) is 14.4 Å². The van der Waals surface area contributed by atoms with Gasteiger partial charge >= 0.3 is 0 Å². The minimum atomic E-state index is -0.545. The van der Waals surface area contributed by atoms with E-state index in [0.29, 0.717) is 27.9 Å². The van der Waals surface area contributed by atoms with Gasteiger partial charge in [-0.3, -0.25) is 14.4 Å². The van der Waals surface area contributed by atoms with Crippen molar-refractivity contribution < 1.29 is 14.4 Å². The van der Waals surface area contributed by atoms with Crippen molar-refractivity contribution in [2.45, 2.75) is 36.8 Å². The van der Waals surface area contributed by atoms with Crippen molar-refractivity contribution in [3.63, 3.8) is 0 Å². The summed E-state index contributed by atoms with van der Waals surface area (Å²) in [5, 5.41) is 8.72. The number of aryl methyl sites for hydroxylation is 1. The summed E-state index contributed by atoms with van der Waals surface area (Å²) >= 11 is 7.69. The zero-order valence-corrected chi connectivity index (χ0v) is 28.4. The van der Waals surface area contributed by atoms with Crippen molar-refractivity contribution in [2.24, 2.45) is 0 Å². The molecule has 1 atom stereocenters. The van der Waals surface area contributed by atoms with E-state index in [-0.39, 0.29) is 17.5 Å². The molecule has 3 N–H and O–H groups in total. The molecule has 0 saturated heterocycles. The largest absolute Gasteiger partial charge is 0.325 e. The van der Waals surface area contributed by atoms with Crippen LogP contribution >= 0.6 is 23.4 Å². The highest BCUT2D eigenvalue weighted by atomic mass is 35.5. The predicted molar refractivity (Wildman–Crippen MR) is 197 cm³/mol. The van der Waals surface area contributed by atoms with E-state index in [1.54, 1.807) is 48.5 Å². The highest BCUT2D eigenvalue weighted by molar-refractivity contribution is 8.00. The van der Waals surface area contributed by atoms with Crippen molar-refractivity contribution in [1.29, 1.82) is 0 Å². The predicted octanol–water partition coefficient (Wildman–Crippen LogP) is 9.65. The first-order valence-corrected chi connectivity index (χ1v) is 16.8. The monoisotopic (exact) mass is 673 g/mol. The molecule has 0 heterocycles. The fourth-order valence-electron chi connectivity index (χ4n) is 4.82. The summed E-state index contributed by atoms with van der Waals surface area (Å²) in [6.45, 7) is 6.14. The third kappa shape index (κ3) is 9.25. The molecular weight excluding hydrogens is 638 g/mol. The molecule has 5 rings (SSSR count). The Labute approximate surface area is 290 Å². The van der Waals surface area contributed by atoms with Gasteiger partial charge in [0.1, 0.15) is 10.9 Å². The van der Waals surface area contributed by atoms with Gasteiger partial charge in [-0.1, -0.05) is 104 Å². The number of hydrogen-bond acceptors (Lipinski definition) is 4. The molecule has 5 aromatic carbocycles. The maximum absolute atomic E-state index is 13.6. The zero-order valence-electron chi connectivity index (χ0n) is 26.9. The van der Waals surface area contributed by atoms with Crippen LogP contribution in [0.15, 0.2) is 138 Å². The van der Waals surface area contributed by atoms with Crippen LogP contribution in [-0.4, -0.2) is 17.7 Å². The Morgan fingerprint density at radius 2 is 1.33 bits per heavy atom. The first-order valence-electron chi connectivity index (χ1n) is 15.5. The summed E-state index contributed by atoms with van der Waals surface area (Å²) in [7, 11) is 0. The first kappa shape index (κ1) is 34.2. The molecule has 0 bridgehead atoms. The average Bonchev–Trinajstić information content (AvgIpc) is 3.10. The van der Waals surface area contributed by atoms with Gasteiger partial charge in [-0.25, -0.2) is 0 Å². The third-order valence-electron chi connectivity index (χ3n) is 7.59. The van der Waals surface area contributed by atoms with Gasteiger partial charge in [0.25, 0.3) is 11.8 Å². The lowest BCUT2D eigenvalue weighted by atomic mass is 10.0. The first-order chi connectivity index (χ1) is 23.2. The van der Waals surface area contributed by atoms with Crippen LogP contribution in [0, 0.1) is 6.92 Å². The molecule has 8 heteroatoms. The molecule has 0 aliphatic rings. The molecule has 0 saturated carbocycles. The summed E-state index contributed by atoms with van der Waals surface area (Å²) in [5.41, 5.74) is 5.44. The van der Waals surface area contributed by atoms with Crippen LogP contribution in [0.4, 0.5) is 11.4 Å². The number of anilines is 2. The molecule has 1 unspecified atom stereocenters. The summed E-state index contributed by atoms with van der Waals surface area (Å²) in [6.07, 6.45) is 1.66. The van der Waals surface area contributed by atoms with E-state index >= 15 is 0 Å². The summed E-state index contributed by atoms with van der Waals surface area (Å²) in [5.74, 6) is -0.671. The van der Waals surface area contributed by atoms with Crippen LogP contribution in [-0.2, 0) is 9.59 Å². The van der Waals surface area contributed by atoms with E-state index in [0.717, 1.165) is 21.6 Å². The topological polar surface area (TPSA) is 87.3 Å². The molecule has 5 aromatic rings. The Balaban J connectivity index is 1.33. The molecule has 6 nitrogen and oxygen atoms in total. The number of amides is 3. The van der Waals surface area contributed by atoms with Crippen molar-refractivity contribution in [3.05, 3.63) is 166 Å². The lowest BCUT2D eigenvalue weighted by Crippen LogP contribution is -2.30. The third-order valence-corrected chi connectivity index (χ3v) is 9.26. The van der Waals surface area contributed by atoms with Crippen molar-refractivity contribution in [2.75, 3.05) is 10.6 Å². The average molecular weight is 674 g/mol. The van der Waals surface area contributed by atoms with Crippen molar-refractivity contribution in [1.82, 2.24) is 5.32 Å². The van der Waals surface area contributed by atoms with Crippen LogP contribution in [0.2, 0.25) is 5.02 Å². The van der Waals surface area contributed by atoms with Crippen LogP contribution in [0.1, 0.15) is 57.6 Å². The smallest absolute Gasteiger partial charge is 0.272 e. The van der Waals surface area contributed by atoms with Crippen LogP contribution in [0.25, 0.3) is 6.08 Å². The summed E-state index contributed by atoms with van der Waals surface area (Å²) in [6, 6.07) is 38.9. The van der Waals surface area contributed by atoms with E-state index < -0.39 is 11.2 Å². The Hall–Kier alpha value is -5.11. The van der Waals surface area contributed by atoms with Crippen LogP contribution < -0.4 is 16.0 Å². The second-order valence-corrected chi connectivity index (χ2v) is 13.1. The van der Waals surface area contributed by atoms with Gasteiger partial charge in [0.05, 0.1) is 0 Å². The van der Waals surface area contributed by atoms with Gasteiger partial charge in [-0.05, 0) is 89.7 Å². The number of rotatable bonds is 11. The molecule has 0 aliphatic carbocycles. The molecule has 242 valence electrons. The Kier molecular flexibility index (Phi) is 11.5. The second kappa shape index (κ2) is 16.1. The molecule has 0 aromatic heterocycles. The lowest BCUT2D eigenvalue weighted by Gasteiger charge is -2.18. The normalized spacial score (nSPS) is 11.9. The Morgan fingerprint density at radius 1 is 0.708 bits per heavy atom. The fourth-order valence-corrected chi connectivity index (χ4v) is 6.02. The van der Waals surface area contributed by atoms with Gasteiger partial charge in [-0.15, -0.1) is 11.8 Å². The number of thioether (sulfide) groups is 1. The zero-order chi connectivity index (χ0) is 34.0. The molecule has 0 aliphatic heterocycles. The minimum absolute atomic E-state index is 0.108. The van der Waals surface area contributed by atoms with Gasteiger partial charge in [0.2, 0.25) is 5.91 Å². The Morgan fingerprint density at radius 3 is 1.96 bits per heavy atom. The number of carbonyl (C=O) groups is 3. The van der Waals surface area contributed by atoms with Gasteiger partial charge < -0.3 is 16.0 Å². The quantitative estimate of drug-likeness (QED) is 0.0962. The highest BCUT2D eigenvalue weighted by Crippen LogP contribution is 2.37. The lowest BCUT2D eigenvalue weighted by molar-refractivity contribution is -0.116. The van der Waals surface area contributed by atoms with Crippen LogP contribution in [0.5, 0.6) is 0 Å². The SMILES string of the molecule is Cc1ccc(NC(=O)C(Sc2ccc(NC(=O)/C(=C/c3ccc(C(C)C)cc3)NC(=O)c3ccccc3)cc2)c2ccccc2)cc1Cl. The molecular formula is C40H36ClN3O3S. The molecule has 0 spiro atoms. The maximum Gasteiger partial charge on any atom is 0.272 e. The Bertz CT molecular complexity index is 1910. The van der Waals surface area contributed by atoms with Crippen molar-refractivity contribution >= 4 is 58.5 Å². The second-order valence-electron chi connectivity index (χ2n) is 11.5. The number of benzene rings is 5. The van der Waals surface area contributed by atoms with Gasteiger partial charge in [0, 0.05) is 26.9 Å². The molecule has 0 fully saturated rings. The van der Waals surface area contributed by atoms with E-state index in [4.69, 9.17) is 11.6 Å². The van der Waals surface area contributed by atoms with Crippen molar-refractivity contribution in [3.8, 4) is 0 Å². The highest BCUT2D eigenvalue weighted by Gasteiger charge is 2.23. The number of hydrogen-bond donors (Lipinski definition) is 3. The standard InChI is InChI=1S/C40H36ClN3O3S/c1-26(2)29-17-15-28(16-18-29)24-36(44-38(45)31-12-8-5-9-13-31)39(46)42-32-20-22-34(23-21-32)48-37(30-10-6-4-7-11-30)40(47)43-33-19-14-27(3)35(41)25-33/h4-26,37H,1-3H3,(H,42,46)(H,43,47)(H,44,45)/b36-24-. The van der Waals surface area contributed by atoms with Crippen LogP contribution in [0.3, 0.4) is 0 Å². The molecule has 3 amide bonds. The summed E-state index contributed by atoms with van der Waals surface area (Å²) in [4.78, 5) is 40.9. The van der Waals surface area contributed by atoms with E-state index in [1.807, 2.05) is 91.9 Å². The number of carbonyl (C=O) groups excluding carboxylic acids is 3. The summed E-state index contributed by atoms with van der Waals surface area (Å²) < 4.78 is 0. The van der Waals surface area contributed by atoms with Gasteiger partial charge in [-0.2, -0.15) is 0 Å². The molecule has 0 radical (unpaired) electrons. The number of nitrogens with one attached hydrogen (secondary N) is 3.